The molecule has 0 bridgehead atoms. The molecule has 0 atom stereocenters. The van der Waals surface area contributed by atoms with Gasteiger partial charge in [0.2, 0.25) is 5.91 Å². The van der Waals surface area contributed by atoms with Crippen LogP contribution in [0.2, 0.25) is 0 Å². The number of guanidine groups is 1. The maximum atomic E-state index is 11.8. The molecule has 0 spiro atoms. The van der Waals surface area contributed by atoms with E-state index in [-0.39, 0.29) is 36.4 Å². The number of carbonyl (C=O) groups excluding carboxylic acids is 1. The number of carbonyl (C=O) groups is 1. The minimum absolute atomic E-state index is 0. The van der Waals surface area contributed by atoms with Crippen LogP contribution in [-0.2, 0) is 16.0 Å². The standard InChI is InChI=1S/C18H31N5O3.HI/c1-22(2)17(24)15-21-18(20-8-6-16-5-3-12-26-16)19-7-4-9-23-10-13-25-14-11-23;/h3,5,12H,4,6-11,13-15H2,1-2H3,(H2,19,20,21);1H. The number of likely N-dealkylation sites (N-methyl/N-ethyl adjacent to an activating group) is 1. The Hall–Kier alpha value is -1.33. The van der Waals surface area contributed by atoms with Crippen molar-refractivity contribution in [3.05, 3.63) is 24.2 Å². The first kappa shape index (κ1) is 23.7. The summed E-state index contributed by atoms with van der Waals surface area (Å²) in [5.74, 6) is 1.56. The quantitative estimate of drug-likeness (QED) is 0.229. The third-order valence-corrected chi connectivity index (χ3v) is 4.16. The lowest BCUT2D eigenvalue weighted by molar-refractivity contribution is -0.127. The van der Waals surface area contributed by atoms with Gasteiger partial charge in [-0.2, -0.15) is 0 Å². The number of aliphatic imine (C=N–C) groups is 1. The number of morpholine rings is 1. The fourth-order valence-corrected chi connectivity index (χ4v) is 2.56. The number of ether oxygens (including phenoxy) is 1. The van der Waals surface area contributed by atoms with Gasteiger partial charge in [-0.15, -0.1) is 24.0 Å². The first-order valence-electron chi connectivity index (χ1n) is 9.20. The molecule has 1 amide bonds. The zero-order valence-corrected chi connectivity index (χ0v) is 18.6. The number of rotatable bonds is 9. The summed E-state index contributed by atoms with van der Waals surface area (Å²) in [6.07, 6.45) is 3.45. The summed E-state index contributed by atoms with van der Waals surface area (Å²) in [4.78, 5) is 20.1. The molecule has 8 nitrogen and oxygen atoms in total. The van der Waals surface area contributed by atoms with Crippen LogP contribution in [0, 0.1) is 0 Å². The van der Waals surface area contributed by atoms with E-state index in [0.717, 1.165) is 58.0 Å². The number of nitrogens with zero attached hydrogens (tertiary/aromatic N) is 3. The van der Waals surface area contributed by atoms with Gasteiger partial charge in [0.05, 0.1) is 19.5 Å². The molecule has 1 fully saturated rings. The molecule has 0 radical (unpaired) electrons. The minimum atomic E-state index is -0.0227. The number of halogens is 1. The van der Waals surface area contributed by atoms with E-state index in [9.17, 15) is 4.79 Å². The fraction of sp³-hybridized carbons (Fsp3) is 0.667. The van der Waals surface area contributed by atoms with Crippen molar-refractivity contribution in [1.29, 1.82) is 0 Å². The lowest BCUT2D eigenvalue weighted by atomic mass is 10.3. The molecular formula is C18H32IN5O3. The first-order chi connectivity index (χ1) is 12.6. The lowest BCUT2D eigenvalue weighted by Crippen LogP contribution is -2.41. The summed E-state index contributed by atoms with van der Waals surface area (Å²) in [5.41, 5.74) is 0. The Balaban J connectivity index is 0.00000364. The predicted molar refractivity (Wildman–Crippen MR) is 117 cm³/mol. The smallest absolute Gasteiger partial charge is 0.243 e. The number of hydrogen-bond donors (Lipinski definition) is 2. The van der Waals surface area contributed by atoms with Gasteiger partial charge in [-0.3, -0.25) is 9.69 Å². The number of amides is 1. The van der Waals surface area contributed by atoms with Gasteiger partial charge in [0.15, 0.2) is 5.96 Å². The van der Waals surface area contributed by atoms with Gasteiger partial charge in [0, 0.05) is 46.7 Å². The maximum absolute atomic E-state index is 11.8. The Morgan fingerprint density at radius 3 is 2.67 bits per heavy atom. The van der Waals surface area contributed by atoms with E-state index in [0.29, 0.717) is 12.5 Å². The second-order valence-corrected chi connectivity index (χ2v) is 6.44. The summed E-state index contributed by atoms with van der Waals surface area (Å²) in [5, 5.41) is 6.58. The first-order valence-corrected chi connectivity index (χ1v) is 9.20. The molecule has 9 heteroatoms. The van der Waals surface area contributed by atoms with E-state index in [2.05, 4.69) is 20.5 Å². The van der Waals surface area contributed by atoms with E-state index in [4.69, 9.17) is 9.15 Å². The number of hydrogen-bond acceptors (Lipinski definition) is 5. The van der Waals surface area contributed by atoms with Crippen LogP contribution in [0.5, 0.6) is 0 Å². The highest BCUT2D eigenvalue weighted by Gasteiger charge is 2.09. The Morgan fingerprint density at radius 1 is 1.26 bits per heavy atom. The van der Waals surface area contributed by atoms with E-state index in [1.165, 1.54) is 0 Å². The molecule has 0 unspecified atom stereocenters. The van der Waals surface area contributed by atoms with Crippen LogP contribution in [0.25, 0.3) is 0 Å². The SMILES string of the molecule is CN(C)C(=O)CN=C(NCCCN1CCOCC1)NCCc1ccco1.I. The Morgan fingerprint density at radius 2 is 2.00 bits per heavy atom. The number of nitrogens with one attached hydrogen (secondary N) is 2. The van der Waals surface area contributed by atoms with Crippen molar-refractivity contribution in [3.8, 4) is 0 Å². The topological polar surface area (TPSA) is 82.3 Å². The molecule has 1 aromatic heterocycles. The minimum Gasteiger partial charge on any atom is -0.469 e. The van der Waals surface area contributed by atoms with Crippen molar-refractivity contribution in [2.45, 2.75) is 12.8 Å². The van der Waals surface area contributed by atoms with Gasteiger partial charge in [-0.25, -0.2) is 4.99 Å². The van der Waals surface area contributed by atoms with E-state index in [1.807, 2.05) is 12.1 Å². The third kappa shape index (κ3) is 9.96. The Kier molecular flexibility index (Phi) is 12.1. The molecule has 0 saturated carbocycles. The molecule has 2 N–H and O–H groups in total. The average molecular weight is 493 g/mol. The van der Waals surface area contributed by atoms with Crippen LogP contribution < -0.4 is 10.6 Å². The largest absolute Gasteiger partial charge is 0.469 e. The van der Waals surface area contributed by atoms with E-state index >= 15 is 0 Å². The van der Waals surface area contributed by atoms with Crippen molar-refractivity contribution in [3.63, 3.8) is 0 Å². The van der Waals surface area contributed by atoms with Crippen molar-refractivity contribution in [2.75, 3.05) is 66.6 Å². The highest BCUT2D eigenvalue weighted by Crippen LogP contribution is 1.99. The molecule has 0 aliphatic carbocycles. The maximum Gasteiger partial charge on any atom is 0.243 e. The van der Waals surface area contributed by atoms with Gasteiger partial charge in [0.25, 0.3) is 0 Å². The summed E-state index contributed by atoms with van der Waals surface area (Å²) in [7, 11) is 3.47. The molecule has 1 aliphatic rings. The fourth-order valence-electron chi connectivity index (χ4n) is 2.56. The van der Waals surface area contributed by atoms with E-state index < -0.39 is 0 Å². The van der Waals surface area contributed by atoms with Crippen molar-refractivity contribution >= 4 is 35.8 Å². The van der Waals surface area contributed by atoms with Crippen molar-refractivity contribution in [1.82, 2.24) is 20.4 Å². The molecule has 1 aromatic rings. The third-order valence-electron chi connectivity index (χ3n) is 4.16. The molecular weight excluding hydrogens is 461 g/mol. The van der Waals surface area contributed by atoms with Crippen LogP contribution in [0.15, 0.2) is 27.8 Å². The molecule has 0 aromatic carbocycles. The van der Waals surface area contributed by atoms with Crippen LogP contribution >= 0.6 is 24.0 Å². The van der Waals surface area contributed by atoms with Crippen LogP contribution in [-0.4, -0.2) is 88.2 Å². The average Bonchev–Trinajstić information content (AvgIpc) is 3.16. The monoisotopic (exact) mass is 493 g/mol. The lowest BCUT2D eigenvalue weighted by Gasteiger charge is -2.26. The number of furan rings is 1. The second-order valence-electron chi connectivity index (χ2n) is 6.44. The molecule has 2 rings (SSSR count). The second kappa shape index (κ2) is 13.8. The van der Waals surface area contributed by atoms with Crippen LogP contribution in [0.3, 0.4) is 0 Å². The van der Waals surface area contributed by atoms with Crippen LogP contribution in [0.4, 0.5) is 0 Å². The van der Waals surface area contributed by atoms with Gasteiger partial charge < -0.3 is 24.7 Å². The summed E-state index contributed by atoms with van der Waals surface area (Å²) >= 11 is 0. The van der Waals surface area contributed by atoms with Gasteiger partial charge in [-0.1, -0.05) is 0 Å². The Bertz CT molecular complexity index is 545. The van der Waals surface area contributed by atoms with Gasteiger partial charge in [-0.05, 0) is 25.1 Å². The molecule has 2 heterocycles. The van der Waals surface area contributed by atoms with Gasteiger partial charge >= 0.3 is 0 Å². The highest BCUT2D eigenvalue weighted by atomic mass is 127. The van der Waals surface area contributed by atoms with Crippen molar-refractivity contribution in [2.24, 2.45) is 4.99 Å². The van der Waals surface area contributed by atoms with E-state index in [1.54, 1.807) is 25.3 Å². The normalized spacial score (nSPS) is 15.1. The molecule has 27 heavy (non-hydrogen) atoms. The summed E-state index contributed by atoms with van der Waals surface area (Å²) in [6, 6.07) is 3.83. The predicted octanol–water partition coefficient (Wildman–Crippen LogP) is 0.786. The molecule has 1 aliphatic heterocycles. The van der Waals surface area contributed by atoms with Crippen molar-refractivity contribution < 1.29 is 13.9 Å². The highest BCUT2D eigenvalue weighted by molar-refractivity contribution is 14.0. The summed E-state index contributed by atoms with van der Waals surface area (Å²) in [6.45, 7) is 6.31. The Labute approximate surface area is 178 Å². The zero-order valence-electron chi connectivity index (χ0n) is 16.3. The molecule has 1 saturated heterocycles. The molecule has 154 valence electrons. The van der Waals surface area contributed by atoms with Gasteiger partial charge in [0.1, 0.15) is 12.3 Å². The summed E-state index contributed by atoms with van der Waals surface area (Å²) < 4.78 is 10.7. The van der Waals surface area contributed by atoms with Crippen LogP contribution in [0.1, 0.15) is 12.2 Å². The zero-order chi connectivity index (χ0) is 18.6.